The number of esters is 1. The topological polar surface area (TPSA) is 124 Å². The Hall–Kier alpha value is -4.57. The maximum atomic E-state index is 14.0. The molecule has 0 spiro atoms. The smallest absolute Gasteiger partial charge is 0.354 e. The highest BCUT2D eigenvalue weighted by molar-refractivity contribution is 6.74. The van der Waals surface area contributed by atoms with Crippen LogP contribution in [0.4, 0.5) is 4.39 Å². The molecular weight excluding hydrogens is 829 g/mol. The highest BCUT2D eigenvalue weighted by Gasteiger charge is 2.37. The van der Waals surface area contributed by atoms with E-state index in [0.717, 1.165) is 55.9 Å². The molecule has 0 atom stereocenters. The van der Waals surface area contributed by atoms with Gasteiger partial charge in [-0.1, -0.05) is 38.4 Å². The van der Waals surface area contributed by atoms with Crippen LogP contribution < -0.4 is 0 Å². The average Bonchev–Trinajstić information content (AvgIpc) is 3.83. The zero-order valence-electron chi connectivity index (χ0n) is 37.8. The van der Waals surface area contributed by atoms with E-state index < -0.39 is 14.3 Å². The number of benzene rings is 3. The van der Waals surface area contributed by atoms with Crippen molar-refractivity contribution in [2.24, 2.45) is 7.05 Å². The highest BCUT2D eigenvalue weighted by Crippen LogP contribution is 2.43. The number of halogens is 2. The minimum atomic E-state index is -1.96. The Morgan fingerprint density at radius 3 is 2.40 bits per heavy atom. The van der Waals surface area contributed by atoms with Gasteiger partial charge in [0.15, 0.2) is 8.32 Å². The van der Waals surface area contributed by atoms with Crippen LogP contribution in [0.2, 0.25) is 23.2 Å². The van der Waals surface area contributed by atoms with Crippen LogP contribution in [-0.4, -0.2) is 84.2 Å². The number of aromatic nitrogens is 5. The number of carbonyl (C=O) groups excluding carboxylic acids is 1. The van der Waals surface area contributed by atoms with Gasteiger partial charge in [-0.25, -0.2) is 9.18 Å². The fourth-order valence-electron chi connectivity index (χ4n) is 7.82. The van der Waals surface area contributed by atoms with Gasteiger partial charge in [0.05, 0.1) is 63.8 Å². The lowest BCUT2D eigenvalue weighted by atomic mass is 9.97. The number of nitrogens with zero attached hydrogens (tertiary/aromatic N) is 5. The van der Waals surface area contributed by atoms with Crippen LogP contribution in [-0.2, 0) is 69.6 Å². The molecule has 0 saturated heterocycles. The van der Waals surface area contributed by atoms with Crippen LogP contribution in [0.25, 0.3) is 32.8 Å². The first kappa shape index (κ1) is 46.9. The van der Waals surface area contributed by atoms with Crippen LogP contribution in [0.15, 0.2) is 48.5 Å². The first-order valence-corrected chi connectivity index (χ1v) is 24.4. The third-order valence-electron chi connectivity index (χ3n) is 12.1. The second kappa shape index (κ2) is 19.9. The van der Waals surface area contributed by atoms with E-state index in [9.17, 15) is 14.3 Å². The predicted molar refractivity (Wildman–Crippen MR) is 244 cm³/mol. The van der Waals surface area contributed by atoms with Gasteiger partial charge < -0.3 is 33.0 Å². The number of carbonyl (C=O) groups is 1. The van der Waals surface area contributed by atoms with Crippen molar-refractivity contribution < 1.29 is 37.7 Å². The SMILES string of the molecule is COCCOCCn1nc(C)c(-c2c(Cl)ccc3c2c(C)c(C(=O)OC)n3CCCO[Si](C)(C)C(C)(C)C)c1COCc1cc(CCc2cc(O)c3ccc(F)cc3c2)n(C)n1. The zero-order chi connectivity index (χ0) is 44.9. The maximum Gasteiger partial charge on any atom is 0.354 e. The molecule has 0 aliphatic heterocycles. The first-order chi connectivity index (χ1) is 29.4. The summed E-state index contributed by atoms with van der Waals surface area (Å²) in [6.45, 7) is 18.4. The van der Waals surface area contributed by atoms with E-state index in [1.54, 1.807) is 19.2 Å². The Kier molecular flexibility index (Phi) is 15.0. The third kappa shape index (κ3) is 10.3. The molecule has 0 saturated carbocycles. The summed E-state index contributed by atoms with van der Waals surface area (Å²) in [6.07, 6.45) is 1.99. The van der Waals surface area contributed by atoms with Crippen molar-refractivity contribution in [3.05, 3.63) is 99.0 Å². The molecule has 3 aromatic heterocycles. The first-order valence-electron chi connectivity index (χ1n) is 21.1. The van der Waals surface area contributed by atoms with E-state index in [4.69, 9.17) is 45.2 Å². The van der Waals surface area contributed by atoms with Gasteiger partial charge >= 0.3 is 5.97 Å². The molecule has 0 fully saturated rings. The maximum absolute atomic E-state index is 14.0. The molecular formula is C47H61ClFN5O7Si. The molecule has 6 rings (SSSR count). The predicted octanol–water partition coefficient (Wildman–Crippen LogP) is 9.87. The normalized spacial score (nSPS) is 12.3. The number of hydrogen-bond donors (Lipinski definition) is 1. The van der Waals surface area contributed by atoms with Gasteiger partial charge in [0, 0.05) is 65.4 Å². The second-order valence-electron chi connectivity index (χ2n) is 17.4. The Balaban J connectivity index is 1.28. The Bertz CT molecular complexity index is 2540. The van der Waals surface area contributed by atoms with Crippen molar-refractivity contribution in [2.45, 2.75) is 98.3 Å². The summed E-state index contributed by atoms with van der Waals surface area (Å²) in [5.41, 5.74) is 7.92. The van der Waals surface area contributed by atoms with Crippen LogP contribution in [0.3, 0.4) is 0 Å². The van der Waals surface area contributed by atoms with E-state index in [0.29, 0.717) is 80.3 Å². The fraction of sp³-hybridized carbons (Fsp3) is 0.468. The molecule has 6 aromatic rings. The van der Waals surface area contributed by atoms with Gasteiger partial charge in [-0.2, -0.15) is 10.2 Å². The number of phenols is 1. The van der Waals surface area contributed by atoms with Gasteiger partial charge in [0.1, 0.15) is 17.3 Å². The minimum absolute atomic E-state index is 0.0859. The summed E-state index contributed by atoms with van der Waals surface area (Å²) in [7, 11) is 2.98. The van der Waals surface area contributed by atoms with Crippen LogP contribution >= 0.6 is 11.6 Å². The standard InChI is InChI=1S/C47H61ClFN5O7Si/c1-30-42-39(53(45(30)46(56)58-8)18-11-20-61-62(9,10)47(3,4)5)17-16-38(48)44(42)43-31(2)50-54(19-21-59-23-22-57-7)40(43)29-60-28-35-27-36(52(6)51-35)14-12-32-24-33-26-34(49)13-15-37(33)41(55)25-32/h13,15-17,24-27,55H,11-12,14,18-23,28-29H2,1-10H3. The Labute approximate surface area is 369 Å². The van der Waals surface area contributed by atoms with Gasteiger partial charge in [-0.3, -0.25) is 9.36 Å². The monoisotopic (exact) mass is 889 g/mol. The van der Waals surface area contributed by atoms with Crippen LogP contribution in [0, 0.1) is 19.7 Å². The summed E-state index contributed by atoms with van der Waals surface area (Å²) >= 11 is 7.19. The summed E-state index contributed by atoms with van der Waals surface area (Å²) in [6, 6.07) is 13.9. The van der Waals surface area contributed by atoms with Crippen molar-refractivity contribution in [1.29, 1.82) is 0 Å². The van der Waals surface area contributed by atoms with Gasteiger partial charge in [-0.15, -0.1) is 0 Å². The summed E-state index contributed by atoms with van der Waals surface area (Å²) in [4.78, 5) is 13.5. The van der Waals surface area contributed by atoms with E-state index in [1.807, 2.05) is 59.1 Å². The van der Waals surface area contributed by atoms with Crippen LogP contribution in [0.1, 0.15) is 71.6 Å². The zero-order valence-corrected chi connectivity index (χ0v) is 39.5. The third-order valence-corrected chi connectivity index (χ3v) is 17.0. The summed E-state index contributed by atoms with van der Waals surface area (Å²) in [5.74, 6) is -0.637. The number of fused-ring (bicyclic) bond motifs is 2. The lowest BCUT2D eigenvalue weighted by Crippen LogP contribution is -2.41. The van der Waals surface area contributed by atoms with Crippen LogP contribution in [0.5, 0.6) is 5.75 Å². The molecule has 0 aliphatic carbocycles. The van der Waals surface area contributed by atoms with Crippen molar-refractivity contribution in [1.82, 2.24) is 24.1 Å². The van der Waals surface area contributed by atoms with Gasteiger partial charge in [0.2, 0.25) is 0 Å². The molecule has 1 N–H and O–H groups in total. The van der Waals surface area contributed by atoms with Crippen molar-refractivity contribution in [3.63, 3.8) is 0 Å². The van der Waals surface area contributed by atoms with Crippen molar-refractivity contribution >= 4 is 47.6 Å². The number of aryl methyl sites for hydroxylation is 6. The summed E-state index contributed by atoms with van der Waals surface area (Å²) < 4.78 is 49.1. The lowest BCUT2D eigenvalue weighted by molar-refractivity contribution is 0.0587. The number of methoxy groups -OCH3 is 2. The van der Waals surface area contributed by atoms with Gasteiger partial charge in [-0.05, 0) is 110 Å². The van der Waals surface area contributed by atoms with Gasteiger partial charge in [0.25, 0.3) is 0 Å². The van der Waals surface area contributed by atoms with Crippen molar-refractivity contribution in [3.8, 4) is 16.9 Å². The molecule has 0 radical (unpaired) electrons. The number of hydrogen-bond acceptors (Lipinski definition) is 9. The lowest BCUT2D eigenvalue weighted by Gasteiger charge is -2.36. The average molecular weight is 891 g/mol. The molecule has 3 aromatic carbocycles. The van der Waals surface area contributed by atoms with E-state index >= 15 is 0 Å². The second-order valence-corrected chi connectivity index (χ2v) is 22.6. The summed E-state index contributed by atoms with van der Waals surface area (Å²) in [5, 5.41) is 23.1. The molecule has 0 bridgehead atoms. The Morgan fingerprint density at radius 2 is 1.68 bits per heavy atom. The quantitative estimate of drug-likeness (QED) is 0.0453. The molecule has 0 unspecified atom stereocenters. The number of ether oxygens (including phenoxy) is 4. The largest absolute Gasteiger partial charge is 0.507 e. The molecule has 0 aliphatic rings. The van der Waals surface area contributed by atoms with E-state index in [1.165, 1.54) is 19.2 Å². The number of rotatable bonds is 20. The fourth-order valence-corrected chi connectivity index (χ4v) is 9.16. The molecule has 15 heteroatoms. The molecule has 62 heavy (non-hydrogen) atoms. The number of aromatic hydroxyl groups is 1. The molecule has 12 nitrogen and oxygen atoms in total. The van der Waals surface area contributed by atoms with E-state index in [-0.39, 0.29) is 29.8 Å². The minimum Gasteiger partial charge on any atom is -0.507 e. The highest BCUT2D eigenvalue weighted by atomic mass is 35.5. The molecule has 3 heterocycles. The van der Waals surface area contributed by atoms with Crippen molar-refractivity contribution in [2.75, 3.05) is 40.6 Å². The molecule has 0 amide bonds. The van der Waals surface area contributed by atoms with E-state index in [2.05, 4.69) is 33.9 Å². The number of phenolic OH excluding ortho intramolecular Hbond substituents is 1. The molecule has 334 valence electrons. The Morgan fingerprint density at radius 1 is 0.903 bits per heavy atom.